The van der Waals surface area contributed by atoms with Crippen LogP contribution in [0.5, 0.6) is 0 Å². The van der Waals surface area contributed by atoms with E-state index >= 15 is 0 Å². The van der Waals surface area contributed by atoms with E-state index in [2.05, 4.69) is 15.3 Å². The molecule has 0 bridgehead atoms. The fourth-order valence-electron chi connectivity index (χ4n) is 2.25. The van der Waals surface area contributed by atoms with Gasteiger partial charge in [0.15, 0.2) is 0 Å². The molecule has 0 saturated heterocycles. The molecule has 4 rings (SSSR count). The Morgan fingerprint density at radius 2 is 2.04 bits per heavy atom. The Kier molecular flexibility index (Phi) is 3.89. The molecule has 0 amide bonds. The van der Waals surface area contributed by atoms with Crippen LogP contribution in [0.4, 0.5) is 0 Å². The Morgan fingerprint density at radius 1 is 1.17 bits per heavy atom. The highest BCUT2D eigenvalue weighted by atomic mass is 32.1. The van der Waals surface area contributed by atoms with Crippen molar-refractivity contribution < 1.29 is 0 Å². The van der Waals surface area contributed by atoms with Crippen molar-refractivity contribution in [3.63, 3.8) is 0 Å². The van der Waals surface area contributed by atoms with E-state index in [1.165, 1.54) is 11.0 Å². The van der Waals surface area contributed by atoms with E-state index in [1.54, 1.807) is 17.6 Å². The van der Waals surface area contributed by atoms with Gasteiger partial charge in [0.25, 0.3) is 0 Å². The molecule has 6 nitrogen and oxygen atoms in total. The summed E-state index contributed by atoms with van der Waals surface area (Å²) in [6.07, 6.45) is 5.23. The number of hydrogen-bond acceptors (Lipinski definition) is 5. The molecule has 0 spiro atoms. The van der Waals surface area contributed by atoms with E-state index in [4.69, 9.17) is 17.3 Å². The number of aromatic amines is 1. The minimum absolute atomic E-state index is 0.444. The van der Waals surface area contributed by atoms with E-state index in [-0.39, 0.29) is 0 Å². The summed E-state index contributed by atoms with van der Waals surface area (Å²) < 4.78 is 3.80. The van der Waals surface area contributed by atoms with Gasteiger partial charge < -0.3 is 0 Å². The quantitative estimate of drug-likeness (QED) is 0.449. The van der Waals surface area contributed by atoms with Crippen LogP contribution in [0.3, 0.4) is 0 Å². The summed E-state index contributed by atoms with van der Waals surface area (Å²) in [5.74, 6) is 0. The highest BCUT2D eigenvalue weighted by Gasteiger charge is 2.11. The number of aromatic nitrogens is 5. The summed E-state index contributed by atoms with van der Waals surface area (Å²) in [5, 5.41) is 17.6. The number of para-hydroxylation sites is 1. The largest absolute Gasteiger partial charge is 0.250 e. The zero-order chi connectivity index (χ0) is 16.4. The second-order valence-corrected chi connectivity index (χ2v) is 6.28. The monoisotopic (exact) mass is 352 g/mol. The maximum Gasteiger partial charge on any atom is 0.216 e. The Labute approximate surface area is 146 Å². The molecule has 118 valence electrons. The van der Waals surface area contributed by atoms with Crippen molar-refractivity contribution in [1.82, 2.24) is 24.7 Å². The van der Waals surface area contributed by atoms with Crippen LogP contribution in [0, 0.1) is 4.77 Å². The number of nitrogens with zero attached hydrogens (tertiary/aromatic N) is 5. The molecule has 1 N–H and O–H groups in total. The van der Waals surface area contributed by atoms with Crippen LogP contribution in [-0.4, -0.2) is 30.9 Å². The van der Waals surface area contributed by atoms with Crippen LogP contribution in [0.1, 0.15) is 5.56 Å². The third-order valence-corrected chi connectivity index (χ3v) is 4.53. The summed E-state index contributed by atoms with van der Waals surface area (Å²) in [4.78, 5) is 1.09. The zero-order valence-electron chi connectivity index (χ0n) is 12.4. The average Bonchev–Trinajstić information content (AvgIpc) is 3.34. The summed E-state index contributed by atoms with van der Waals surface area (Å²) in [5.41, 5.74) is 2.78. The Balaban J connectivity index is 1.80. The van der Waals surface area contributed by atoms with Gasteiger partial charge in [-0.05, 0) is 35.8 Å². The molecule has 0 atom stereocenters. The summed E-state index contributed by atoms with van der Waals surface area (Å²) in [6, 6.07) is 14.0. The second-order valence-electron chi connectivity index (χ2n) is 4.94. The number of rotatable bonds is 4. The lowest BCUT2D eigenvalue weighted by Gasteiger charge is -1.98. The van der Waals surface area contributed by atoms with E-state index in [1.807, 2.05) is 58.7 Å². The standard InChI is InChI=1S/C16H12N6S2/c23-16-19-17-11-22(16)18-9-12-10-21(13-5-2-1-3-6-13)20-15(12)14-7-4-8-24-14/h1-11H,(H,19,23)/b18-9-. The first-order valence-corrected chi connectivity index (χ1v) is 8.45. The first kappa shape index (κ1) is 14.7. The maximum absolute atomic E-state index is 5.11. The van der Waals surface area contributed by atoms with Gasteiger partial charge in [-0.3, -0.25) is 5.10 Å². The fraction of sp³-hybridized carbons (Fsp3) is 0. The third-order valence-electron chi connectivity index (χ3n) is 3.37. The Bertz CT molecular complexity index is 1020. The molecule has 3 aromatic heterocycles. The lowest BCUT2D eigenvalue weighted by atomic mass is 10.2. The Morgan fingerprint density at radius 3 is 2.75 bits per heavy atom. The molecule has 0 saturated carbocycles. The maximum atomic E-state index is 5.11. The number of nitrogens with one attached hydrogen (secondary N) is 1. The molecular formula is C16H12N6S2. The first-order valence-electron chi connectivity index (χ1n) is 7.16. The van der Waals surface area contributed by atoms with Crippen LogP contribution < -0.4 is 0 Å². The third kappa shape index (κ3) is 2.84. The molecule has 24 heavy (non-hydrogen) atoms. The number of benzene rings is 1. The molecule has 4 aromatic rings. The molecular weight excluding hydrogens is 340 g/mol. The topological polar surface area (TPSA) is 63.8 Å². The summed E-state index contributed by atoms with van der Waals surface area (Å²) in [7, 11) is 0. The Hall–Kier alpha value is -2.84. The van der Waals surface area contributed by atoms with Crippen molar-refractivity contribution in [3.05, 3.63) is 70.7 Å². The minimum Gasteiger partial charge on any atom is -0.250 e. The van der Waals surface area contributed by atoms with Gasteiger partial charge >= 0.3 is 0 Å². The normalized spacial score (nSPS) is 11.3. The van der Waals surface area contributed by atoms with Crippen molar-refractivity contribution >= 4 is 29.8 Å². The smallest absolute Gasteiger partial charge is 0.216 e. The van der Waals surface area contributed by atoms with Crippen LogP contribution in [0.2, 0.25) is 0 Å². The van der Waals surface area contributed by atoms with Gasteiger partial charge in [-0.25, -0.2) is 4.68 Å². The summed E-state index contributed by atoms with van der Waals surface area (Å²) in [6.45, 7) is 0. The van der Waals surface area contributed by atoms with Crippen LogP contribution in [0.15, 0.2) is 65.5 Å². The molecule has 8 heteroatoms. The van der Waals surface area contributed by atoms with E-state index in [0.29, 0.717) is 4.77 Å². The molecule has 0 aliphatic heterocycles. The number of H-pyrrole nitrogens is 1. The molecule has 3 heterocycles. The van der Waals surface area contributed by atoms with E-state index in [0.717, 1.165) is 21.8 Å². The first-order chi connectivity index (χ1) is 11.8. The average molecular weight is 352 g/mol. The second kappa shape index (κ2) is 6.34. The zero-order valence-corrected chi connectivity index (χ0v) is 14.0. The minimum atomic E-state index is 0.444. The van der Waals surface area contributed by atoms with Crippen molar-refractivity contribution in [2.24, 2.45) is 5.10 Å². The predicted octanol–water partition coefficient (Wildman–Crippen LogP) is 3.74. The highest BCUT2D eigenvalue weighted by molar-refractivity contribution is 7.71. The molecule has 0 fully saturated rings. The van der Waals surface area contributed by atoms with Gasteiger partial charge in [0.2, 0.25) is 4.77 Å². The lowest BCUT2D eigenvalue weighted by molar-refractivity contribution is 0.862. The molecule has 0 unspecified atom stereocenters. The van der Waals surface area contributed by atoms with E-state index < -0.39 is 0 Å². The molecule has 0 aliphatic carbocycles. The van der Waals surface area contributed by atoms with Crippen molar-refractivity contribution in [2.45, 2.75) is 0 Å². The van der Waals surface area contributed by atoms with Crippen molar-refractivity contribution in [2.75, 3.05) is 0 Å². The SMILES string of the molecule is S=c1[nH]ncn1/N=C\c1cn(-c2ccccc2)nc1-c1cccs1. The van der Waals surface area contributed by atoms with Gasteiger partial charge in [-0.1, -0.05) is 24.3 Å². The molecule has 0 radical (unpaired) electrons. The van der Waals surface area contributed by atoms with E-state index in [9.17, 15) is 0 Å². The van der Waals surface area contributed by atoms with Gasteiger partial charge in [0.1, 0.15) is 12.0 Å². The van der Waals surface area contributed by atoms with Gasteiger partial charge in [0, 0.05) is 11.8 Å². The van der Waals surface area contributed by atoms with Crippen molar-refractivity contribution in [1.29, 1.82) is 0 Å². The van der Waals surface area contributed by atoms with Gasteiger partial charge in [-0.15, -0.1) is 11.3 Å². The van der Waals surface area contributed by atoms with Gasteiger partial charge in [0.05, 0.1) is 16.8 Å². The van der Waals surface area contributed by atoms with Crippen LogP contribution in [-0.2, 0) is 0 Å². The number of hydrogen-bond donors (Lipinski definition) is 1. The van der Waals surface area contributed by atoms with Gasteiger partial charge in [-0.2, -0.15) is 20.0 Å². The molecule has 1 aromatic carbocycles. The van der Waals surface area contributed by atoms with Crippen LogP contribution >= 0.6 is 23.6 Å². The molecule has 0 aliphatic rings. The van der Waals surface area contributed by atoms with Crippen molar-refractivity contribution in [3.8, 4) is 16.3 Å². The highest BCUT2D eigenvalue weighted by Crippen LogP contribution is 2.26. The number of thiophene rings is 1. The fourth-order valence-corrected chi connectivity index (χ4v) is 3.13. The predicted molar refractivity (Wildman–Crippen MR) is 97.3 cm³/mol. The summed E-state index contributed by atoms with van der Waals surface area (Å²) >= 11 is 6.75. The van der Waals surface area contributed by atoms with Crippen LogP contribution in [0.25, 0.3) is 16.3 Å². The lowest BCUT2D eigenvalue weighted by Crippen LogP contribution is -1.93.